The largest absolute Gasteiger partial charge is 0.467 e. The van der Waals surface area contributed by atoms with Crippen molar-refractivity contribution in [2.24, 2.45) is 0 Å². The molecule has 0 saturated carbocycles. The van der Waals surface area contributed by atoms with E-state index in [1.807, 2.05) is 24.3 Å². The minimum Gasteiger partial charge on any atom is -0.467 e. The van der Waals surface area contributed by atoms with Gasteiger partial charge in [0.2, 0.25) is 0 Å². The van der Waals surface area contributed by atoms with Crippen LogP contribution in [0.15, 0.2) is 45.5 Å². The third-order valence-electron chi connectivity index (χ3n) is 3.59. The molecule has 0 spiro atoms. The summed E-state index contributed by atoms with van der Waals surface area (Å²) < 4.78 is 20.6. The Bertz CT molecular complexity index is 573. The molecular weight excluding hydrogens is 359 g/mol. The van der Waals surface area contributed by atoms with E-state index in [2.05, 4.69) is 26.1 Å². The van der Waals surface area contributed by atoms with E-state index >= 15 is 0 Å². The molecule has 1 aliphatic rings. The van der Waals surface area contributed by atoms with Gasteiger partial charge in [-0.25, -0.2) is 4.39 Å². The maximum atomic E-state index is 14.3. The zero-order chi connectivity index (χ0) is 13.9. The highest BCUT2D eigenvalue weighted by Gasteiger charge is 2.28. The van der Waals surface area contributed by atoms with Crippen molar-refractivity contribution >= 4 is 28.3 Å². The molecule has 1 aromatic carbocycles. The van der Waals surface area contributed by atoms with E-state index in [1.165, 1.54) is 6.07 Å². The number of hydrogen-bond acceptors (Lipinski definition) is 3. The van der Waals surface area contributed by atoms with Crippen LogP contribution in [0.5, 0.6) is 0 Å². The van der Waals surface area contributed by atoms with Crippen LogP contribution in [0.4, 0.5) is 4.39 Å². The van der Waals surface area contributed by atoms with Crippen molar-refractivity contribution in [1.82, 2.24) is 10.2 Å². The maximum absolute atomic E-state index is 14.3. The second-order valence-corrected chi connectivity index (χ2v) is 5.79. The van der Waals surface area contributed by atoms with E-state index in [9.17, 15) is 4.39 Å². The molecule has 114 valence electrons. The monoisotopic (exact) mass is 374 g/mol. The molecule has 21 heavy (non-hydrogen) atoms. The van der Waals surface area contributed by atoms with Crippen molar-refractivity contribution < 1.29 is 8.81 Å². The molecule has 0 amide bonds. The molecule has 1 aromatic heterocycles. The van der Waals surface area contributed by atoms with Crippen molar-refractivity contribution in [2.45, 2.75) is 6.04 Å². The molecule has 0 bridgehead atoms. The Balaban J connectivity index is 0.00000161. The van der Waals surface area contributed by atoms with E-state index < -0.39 is 0 Å². The second-order valence-electron chi connectivity index (χ2n) is 4.87. The van der Waals surface area contributed by atoms with E-state index in [0.717, 1.165) is 36.4 Å². The van der Waals surface area contributed by atoms with Gasteiger partial charge in [-0.05, 0) is 24.3 Å². The predicted octanol–water partition coefficient (Wildman–Crippen LogP) is 3.60. The number of benzene rings is 1. The molecule has 1 N–H and O–H groups in total. The van der Waals surface area contributed by atoms with Gasteiger partial charge in [0.05, 0.1) is 12.3 Å². The highest BCUT2D eigenvalue weighted by Crippen LogP contribution is 2.32. The molecule has 2 heterocycles. The van der Waals surface area contributed by atoms with Crippen LogP contribution in [-0.2, 0) is 0 Å². The lowest BCUT2D eigenvalue weighted by molar-refractivity contribution is 0.177. The SMILES string of the molecule is Cl.Fc1cc(Br)ccc1[C@H](c1ccco1)N1CCNCC1. The lowest BCUT2D eigenvalue weighted by atomic mass is 10.0. The van der Waals surface area contributed by atoms with E-state index in [0.29, 0.717) is 5.56 Å². The van der Waals surface area contributed by atoms with Crippen LogP contribution in [0, 0.1) is 5.82 Å². The van der Waals surface area contributed by atoms with Crippen molar-refractivity contribution in [3.05, 3.63) is 58.2 Å². The number of piperazine rings is 1. The van der Waals surface area contributed by atoms with Crippen molar-refractivity contribution in [2.75, 3.05) is 26.2 Å². The molecule has 0 unspecified atom stereocenters. The predicted molar refractivity (Wildman–Crippen MR) is 86.3 cm³/mol. The molecule has 2 aromatic rings. The molecule has 1 atom stereocenters. The summed E-state index contributed by atoms with van der Waals surface area (Å²) in [5.74, 6) is 0.576. The number of hydrogen-bond donors (Lipinski definition) is 1. The van der Waals surface area contributed by atoms with Gasteiger partial charge in [-0.2, -0.15) is 0 Å². The number of nitrogens with zero attached hydrogens (tertiary/aromatic N) is 1. The Kier molecular flexibility index (Phi) is 5.81. The van der Waals surface area contributed by atoms with Gasteiger partial charge in [0.1, 0.15) is 11.6 Å². The summed E-state index contributed by atoms with van der Waals surface area (Å²) in [5.41, 5.74) is 0.657. The topological polar surface area (TPSA) is 28.4 Å². The lowest BCUT2D eigenvalue weighted by Gasteiger charge is -2.34. The molecule has 1 fully saturated rings. The molecule has 0 aliphatic carbocycles. The summed E-state index contributed by atoms with van der Waals surface area (Å²) in [4.78, 5) is 2.25. The van der Waals surface area contributed by atoms with E-state index in [1.54, 1.807) is 6.26 Å². The molecule has 0 radical (unpaired) electrons. The minimum atomic E-state index is -0.209. The van der Waals surface area contributed by atoms with Gasteiger partial charge >= 0.3 is 0 Å². The zero-order valence-corrected chi connectivity index (χ0v) is 13.8. The van der Waals surface area contributed by atoms with Crippen LogP contribution in [0.3, 0.4) is 0 Å². The Hall–Kier alpha value is -0.880. The average Bonchev–Trinajstić information content (AvgIpc) is 2.97. The molecule has 1 aliphatic heterocycles. The molecule has 3 nitrogen and oxygen atoms in total. The first kappa shape index (κ1) is 16.5. The van der Waals surface area contributed by atoms with Gasteiger partial charge in [-0.3, -0.25) is 4.90 Å². The first-order chi connectivity index (χ1) is 9.75. The number of halogens is 3. The molecule has 1 saturated heterocycles. The Labute approximate surface area is 138 Å². The van der Waals surface area contributed by atoms with Gasteiger partial charge < -0.3 is 9.73 Å². The van der Waals surface area contributed by atoms with Crippen molar-refractivity contribution in [3.8, 4) is 0 Å². The number of furan rings is 1. The lowest BCUT2D eigenvalue weighted by Crippen LogP contribution is -2.45. The third-order valence-corrected chi connectivity index (χ3v) is 4.08. The smallest absolute Gasteiger partial charge is 0.129 e. The first-order valence-electron chi connectivity index (χ1n) is 6.69. The van der Waals surface area contributed by atoms with Crippen LogP contribution >= 0.6 is 28.3 Å². The Morgan fingerprint density at radius 2 is 2.00 bits per heavy atom. The van der Waals surface area contributed by atoms with Crippen LogP contribution in [-0.4, -0.2) is 31.1 Å². The molecule has 3 rings (SSSR count). The zero-order valence-electron chi connectivity index (χ0n) is 11.4. The summed E-state index contributed by atoms with van der Waals surface area (Å²) >= 11 is 3.30. The van der Waals surface area contributed by atoms with Crippen molar-refractivity contribution in [3.63, 3.8) is 0 Å². The number of nitrogens with one attached hydrogen (secondary N) is 1. The maximum Gasteiger partial charge on any atom is 0.129 e. The number of rotatable bonds is 3. The van der Waals surface area contributed by atoms with Gasteiger partial charge in [-0.15, -0.1) is 12.4 Å². The first-order valence-corrected chi connectivity index (χ1v) is 7.48. The van der Waals surface area contributed by atoms with Gasteiger partial charge in [0.15, 0.2) is 0 Å². The highest BCUT2D eigenvalue weighted by molar-refractivity contribution is 9.10. The minimum absolute atomic E-state index is 0. The highest BCUT2D eigenvalue weighted by atomic mass is 79.9. The third kappa shape index (κ3) is 3.66. The van der Waals surface area contributed by atoms with Crippen LogP contribution in [0.2, 0.25) is 0 Å². The quantitative estimate of drug-likeness (QED) is 0.888. The fourth-order valence-electron chi connectivity index (χ4n) is 2.64. The summed E-state index contributed by atoms with van der Waals surface area (Å²) in [7, 11) is 0. The second kappa shape index (κ2) is 7.40. The Morgan fingerprint density at radius 1 is 1.24 bits per heavy atom. The van der Waals surface area contributed by atoms with Gasteiger partial charge in [0, 0.05) is 36.2 Å². The standard InChI is InChI=1S/C15H16BrFN2O.ClH/c16-11-3-4-12(13(17)10-11)15(14-2-1-9-20-14)19-7-5-18-6-8-19;/h1-4,9-10,15,18H,5-8H2;1H/t15-;/m1./s1. The van der Waals surface area contributed by atoms with Gasteiger partial charge in [-0.1, -0.05) is 22.0 Å². The van der Waals surface area contributed by atoms with E-state index in [-0.39, 0.29) is 24.3 Å². The molecular formula is C15H17BrClFN2O. The summed E-state index contributed by atoms with van der Waals surface area (Å²) in [6.07, 6.45) is 1.64. The normalized spacial score (nSPS) is 17.2. The Morgan fingerprint density at radius 3 is 2.62 bits per heavy atom. The summed E-state index contributed by atoms with van der Waals surface area (Å²) in [5, 5.41) is 3.32. The fraction of sp³-hybridized carbons (Fsp3) is 0.333. The molecule has 6 heteroatoms. The summed E-state index contributed by atoms with van der Waals surface area (Å²) in [6.45, 7) is 3.58. The van der Waals surface area contributed by atoms with Crippen LogP contribution in [0.25, 0.3) is 0 Å². The fourth-order valence-corrected chi connectivity index (χ4v) is 2.97. The van der Waals surface area contributed by atoms with Gasteiger partial charge in [0.25, 0.3) is 0 Å². The van der Waals surface area contributed by atoms with Crippen LogP contribution in [0.1, 0.15) is 17.4 Å². The van der Waals surface area contributed by atoms with E-state index in [4.69, 9.17) is 4.42 Å². The van der Waals surface area contributed by atoms with Crippen molar-refractivity contribution in [1.29, 1.82) is 0 Å². The average molecular weight is 376 g/mol. The van der Waals surface area contributed by atoms with Crippen LogP contribution < -0.4 is 5.32 Å². The summed E-state index contributed by atoms with van der Waals surface area (Å²) in [6, 6.07) is 8.80.